The second-order valence-corrected chi connectivity index (χ2v) is 9.17. The number of rotatable bonds is 6. The number of thiophene rings is 1. The highest BCUT2D eigenvalue weighted by Gasteiger charge is 2.24. The average Bonchev–Trinajstić information content (AvgIpc) is 3.02. The predicted octanol–water partition coefficient (Wildman–Crippen LogP) is 3.01. The summed E-state index contributed by atoms with van der Waals surface area (Å²) in [6, 6.07) is 10.6. The summed E-state index contributed by atoms with van der Waals surface area (Å²) in [4.78, 5) is 12.1. The van der Waals surface area contributed by atoms with Gasteiger partial charge >= 0.3 is 0 Å². The molecule has 1 aromatic heterocycles. The highest BCUT2D eigenvalue weighted by molar-refractivity contribution is 9.10. The van der Waals surface area contributed by atoms with Crippen LogP contribution in [0.15, 0.2) is 50.5 Å². The first-order valence-corrected chi connectivity index (χ1v) is 9.96. The third-order valence-electron chi connectivity index (χ3n) is 3.27. The van der Waals surface area contributed by atoms with Crippen LogP contribution in [-0.2, 0) is 14.8 Å². The summed E-state index contributed by atoms with van der Waals surface area (Å²) in [7, 11) is -2.21. The van der Waals surface area contributed by atoms with Crippen molar-refractivity contribution in [2.75, 3.05) is 13.6 Å². The first-order valence-electron chi connectivity index (χ1n) is 6.85. The summed E-state index contributed by atoms with van der Waals surface area (Å²) in [6.45, 7) is 1.63. The van der Waals surface area contributed by atoms with Crippen LogP contribution in [0.2, 0.25) is 0 Å². The minimum Gasteiger partial charge on any atom is -0.348 e. The molecular weight excluding hydrogens is 400 g/mol. The molecule has 0 spiro atoms. The second-order valence-electron chi connectivity index (χ2n) is 5.03. The van der Waals surface area contributed by atoms with Crippen molar-refractivity contribution in [3.05, 3.63) is 51.8 Å². The SMILES string of the molecule is C[C@H](NC(=O)CN(C)S(=O)(=O)c1cccs1)c1ccc(Br)cc1. The number of carbonyl (C=O) groups excluding carboxylic acids is 1. The van der Waals surface area contributed by atoms with Crippen molar-refractivity contribution in [3.8, 4) is 0 Å². The van der Waals surface area contributed by atoms with Gasteiger partial charge in [0.2, 0.25) is 5.91 Å². The van der Waals surface area contributed by atoms with E-state index < -0.39 is 10.0 Å². The molecule has 0 radical (unpaired) electrons. The Hall–Kier alpha value is -1.22. The molecular formula is C15H17BrN2O3S2. The molecule has 8 heteroatoms. The molecule has 1 heterocycles. The maximum Gasteiger partial charge on any atom is 0.252 e. The molecule has 0 aliphatic rings. The fourth-order valence-electron chi connectivity index (χ4n) is 1.97. The van der Waals surface area contributed by atoms with E-state index in [1.54, 1.807) is 11.4 Å². The Morgan fingerprint density at radius 3 is 2.52 bits per heavy atom. The molecule has 1 atom stereocenters. The number of halogens is 1. The predicted molar refractivity (Wildman–Crippen MR) is 94.8 cm³/mol. The Balaban J connectivity index is 1.98. The quantitative estimate of drug-likeness (QED) is 0.786. The molecule has 0 aliphatic carbocycles. The smallest absolute Gasteiger partial charge is 0.252 e. The lowest BCUT2D eigenvalue weighted by molar-refractivity contribution is -0.121. The minimum atomic E-state index is -3.61. The van der Waals surface area contributed by atoms with Crippen molar-refractivity contribution in [1.82, 2.24) is 9.62 Å². The van der Waals surface area contributed by atoms with E-state index in [-0.39, 0.29) is 22.7 Å². The molecule has 0 fully saturated rings. The van der Waals surface area contributed by atoms with Gasteiger partial charge in [0.25, 0.3) is 10.0 Å². The lowest BCUT2D eigenvalue weighted by Crippen LogP contribution is -2.39. The van der Waals surface area contributed by atoms with E-state index in [9.17, 15) is 13.2 Å². The van der Waals surface area contributed by atoms with E-state index >= 15 is 0 Å². The van der Waals surface area contributed by atoms with Crippen LogP contribution in [0.25, 0.3) is 0 Å². The average molecular weight is 417 g/mol. The summed E-state index contributed by atoms with van der Waals surface area (Å²) >= 11 is 4.49. The number of benzene rings is 1. The molecule has 0 aliphatic heterocycles. The number of nitrogens with zero attached hydrogens (tertiary/aromatic N) is 1. The normalized spacial score (nSPS) is 13.0. The number of sulfonamides is 1. The molecule has 0 unspecified atom stereocenters. The largest absolute Gasteiger partial charge is 0.348 e. The van der Waals surface area contributed by atoms with Crippen molar-refractivity contribution >= 4 is 43.2 Å². The van der Waals surface area contributed by atoms with Crippen molar-refractivity contribution in [3.63, 3.8) is 0 Å². The first kappa shape index (κ1) is 18.1. The standard InChI is InChI=1S/C15H17BrN2O3S2/c1-11(12-5-7-13(16)8-6-12)17-14(19)10-18(2)23(20,21)15-4-3-9-22-15/h3-9,11H,10H2,1-2H3,(H,17,19)/t11-/m0/s1. The molecule has 5 nitrogen and oxygen atoms in total. The number of nitrogens with one attached hydrogen (secondary N) is 1. The summed E-state index contributed by atoms with van der Waals surface area (Å²) < 4.78 is 26.8. The number of amides is 1. The second kappa shape index (κ2) is 7.57. The van der Waals surface area contributed by atoms with Gasteiger partial charge in [-0.2, -0.15) is 4.31 Å². The van der Waals surface area contributed by atoms with E-state index in [2.05, 4.69) is 21.2 Å². The van der Waals surface area contributed by atoms with Crippen LogP contribution in [-0.4, -0.2) is 32.2 Å². The summed E-state index contributed by atoms with van der Waals surface area (Å²) in [5, 5.41) is 4.50. The van der Waals surface area contributed by atoms with E-state index in [0.717, 1.165) is 25.7 Å². The third kappa shape index (κ3) is 4.63. The minimum absolute atomic E-state index is 0.201. The topological polar surface area (TPSA) is 66.5 Å². The summed E-state index contributed by atoms with van der Waals surface area (Å²) in [5.41, 5.74) is 0.949. The molecule has 0 saturated heterocycles. The van der Waals surface area contributed by atoms with Crippen molar-refractivity contribution in [2.45, 2.75) is 17.2 Å². The van der Waals surface area contributed by atoms with Gasteiger partial charge in [-0.05, 0) is 36.1 Å². The van der Waals surface area contributed by atoms with Gasteiger partial charge in [0.05, 0.1) is 12.6 Å². The van der Waals surface area contributed by atoms with Gasteiger partial charge in [0.15, 0.2) is 0 Å². The van der Waals surface area contributed by atoms with E-state index in [1.165, 1.54) is 13.1 Å². The Bertz CT molecular complexity index is 759. The molecule has 0 bridgehead atoms. The third-order valence-corrected chi connectivity index (χ3v) is 6.98. The van der Waals surface area contributed by atoms with Crippen LogP contribution in [0, 0.1) is 0 Å². The van der Waals surface area contributed by atoms with Crippen LogP contribution in [0.4, 0.5) is 0 Å². The number of hydrogen-bond donors (Lipinski definition) is 1. The molecule has 1 N–H and O–H groups in total. The fourth-order valence-corrected chi connectivity index (χ4v) is 4.57. The molecule has 0 saturated carbocycles. The van der Waals surface area contributed by atoms with Crippen LogP contribution >= 0.6 is 27.3 Å². The molecule has 124 valence electrons. The lowest BCUT2D eigenvalue weighted by atomic mass is 10.1. The molecule has 1 aromatic carbocycles. The van der Waals surface area contributed by atoms with Crippen LogP contribution in [0.1, 0.15) is 18.5 Å². The van der Waals surface area contributed by atoms with Gasteiger partial charge in [-0.15, -0.1) is 11.3 Å². The highest BCUT2D eigenvalue weighted by Crippen LogP contribution is 2.20. The monoisotopic (exact) mass is 416 g/mol. The summed E-state index contributed by atoms with van der Waals surface area (Å²) in [5.74, 6) is -0.344. The highest BCUT2D eigenvalue weighted by atomic mass is 79.9. The van der Waals surface area contributed by atoms with Crippen molar-refractivity contribution in [2.24, 2.45) is 0 Å². The number of carbonyl (C=O) groups is 1. The van der Waals surface area contributed by atoms with Crippen LogP contribution in [0.5, 0.6) is 0 Å². The molecule has 2 rings (SSSR count). The Labute approximate surface area is 148 Å². The first-order chi connectivity index (χ1) is 10.8. The number of likely N-dealkylation sites (N-methyl/N-ethyl adjacent to an activating group) is 1. The van der Waals surface area contributed by atoms with Gasteiger partial charge in [0, 0.05) is 11.5 Å². The Kier molecular flexibility index (Phi) is 5.96. The zero-order chi connectivity index (χ0) is 17.0. The molecule has 1 amide bonds. The fraction of sp³-hybridized carbons (Fsp3) is 0.267. The van der Waals surface area contributed by atoms with Gasteiger partial charge in [0.1, 0.15) is 4.21 Å². The Morgan fingerprint density at radius 2 is 1.96 bits per heavy atom. The number of hydrogen-bond acceptors (Lipinski definition) is 4. The van der Waals surface area contributed by atoms with Crippen LogP contribution < -0.4 is 5.32 Å². The Morgan fingerprint density at radius 1 is 1.30 bits per heavy atom. The van der Waals surface area contributed by atoms with E-state index in [4.69, 9.17) is 0 Å². The van der Waals surface area contributed by atoms with Gasteiger partial charge < -0.3 is 5.32 Å². The van der Waals surface area contributed by atoms with Gasteiger partial charge in [-0.25, -0.2) is 8.42 Å². The van der Waals surface area contributed by atoms with Crippen molar-refractivity contribution in [1.29, 1.82) is 0 Å². The van der Waals surface area contributed by atoms with E-state index in [1.807, 2.05) is 31.2 Å². The van der Waals surface area contributed by atoms with E-state index in [0.29, 0.717) is 0 Å². The maximum atomic E-state index is 12.3. The van der Waals surface area contributed by atoms with Crippen LogP contribution in [0.3, 0.4) is 0 Å². The van der Waals surface area contributed by atoms with Crippen molar-refractivity contribution < 1.29 is 13.2 Å². The zero-order valence-electron chi connectivity index (χ0n) is 12.7. The zero-order valence-corrected chi connectivity index (χ0v) is 15.9. The maximum absolute atomic E-state index is 12.3. The van der Waals surface area contributed by atoms with Gasteiger partial charge in [-0.1, -0.05) is 34.1 Å². The molecule has 23 heavy (non-hydrogen) atoms. The molecule has 2 aromatic rings. The van der Waals surface area contributed by atoms with Gasteiger partial charge in [-0.3, -0.25) is 4.79 Å². The summed E-state index contributed by atoms with van der Waals surface area (Å²) in [6.07, 6.45) is 0. The lowest BCUT2D eigenvalue weighted by Gasteiger charge is -2.19.